The van der Waals surface area contributed by atoms with Crippen molar-refractivity contribution in [3.8, 4) is 0 Å². The van der Waals surface area contributed by atoms with Crippen LogP contribution in [0.5, 0.6) is 0 Å². The highest BCUT2D eigenvalue weighted by molar-refractivity contribution is 14.1. The van der Waals surface area contributed by atoms with Crippen LogP contribution >= 0.6 is 45.3 Å². The molecule has 0 saturated carbocycles. The largest absolute Gasteiger partial charge is 0.432 e. The Morgan fingerprint density at radius 3 is 1.74 bits per heavy atom. The molecule has 3 rings (SSSR count). The number of rotatable bonds is 19. The molecule has 10 heteroatoms. The average Bonchev–Trinajstić information content (AvgIpc) is 3.61. The number of halogens is 1. The number of anilines is 1. The molecule has 0 fully saturated rings. The molecule has 0 atom stereocenters. The molecule has 54 heavy (non-hydrogen) atoms. The van der Waals surface area contributed by atoms with Crippen LogP contribution in [0.4, 0.5) is 5.69 Å². The minimum atomic E-state index is -2.19. The van der Waals surface area contributed by atoms with Gasteiger partial charge < -0.3 is 18.5 Å². The van der Waals surface area contributed by atoms with Crippen LogP contribution in [-0.2, 0) is 21.7 Å². The number of hydrogen-bond acceptors (Lipinski definition) is 6. The first-order valence-corrected chi connectivity index (χ1v) is 31.4. The normalized spacial score (nSPS) is 13.9. The number of hydrogen-bond donors (Lipinski definition) is 1. The van der Waals surface area contributed by atoms with Gasteiger partial charge in [-0.05, 0) is 169 Å². The summed E-state index contributed by atoms with van der Waals surface area (Å²) in [6.45, 7) is 37.5. The Morgan fingerprint density at radius 1 is 0.722 bits per heavy atom. The first-order valence-electron chi connectivity index (χ1n) is 19.9. The van der Waals surface area contributed by atoms with Gasteiger partial charge in [-0.2, -0.15) is 0 Å². The highest BCUT2D eigenvalue weighted by Crippen LogP contribution is 2.41. The Kier molecular flexibility index (Phi) is 17.0. The minimum Gasteiger partial charge on any atom is -0.432 e. The van der Waals surface area contributed by atoms with E-state index < -0.39 is 25.0 Å². The number of benzene rings is 1. The molecule has 0 spiro atoms. The molecule has 0 aliphatic carbocycles. The van der Waals surface area contributed by atoms with Gasteiger partial charge in [0.2, 0.25) is 0 Å². The SMILES string of the molecule is CCN(CCCC(C)(C)[Si](C)(C)O)c1ccc(/C=C/c2cc(CCO[Si](C)(C)C(C)(C)C)c(/C=C/c3cc(CCO[Si](C)(C)C(C)(C)C)c(I)s3)s2)cc1. The van der Waals surface area contributed by atoms with E-state index in [9.17, 15) is 4.80 Å². The Hall–Kier alpha value is -0.839. The zero-order valence-corrected chi connectivity index (χ0v) is 43.1. The van der Waals surface area contributed by atoms with Gasteiger partial charge in [-0.15, -0.1) is 22.7 Å². The standard InChI is InChI=1S/C44H72INO3S2Si3/c1-16-46(29-17-28-44(8,9)52(10,11)47)37-21-18-34(19-22-37)20-23-38-32-35(26-30-48-53(12,13)42(2,3)4)40(50-38)25-24-39-33-36(41(45)51-39)27-31-49-54(14,15)43(5,6)7/h18-25,32-33,47H,16-17,26-31H2,1-15H3/b23-20+,25-24+. The lowest BCUT2D eigenvalue weighted by molar-refractivity contribution is 0.292. The molecule has 0 aliphatic heterocycles. The quantitative estimate of drug-likeness (QED) is 0.0961. The van der Waals surface area contributed by atoms with Crippen molar-refractivity contribution in [3.05, 3.63) is 70.6 Å². The maximum absolute atomic E-state index is 10.7. The first kappa shape index (κ1) is 47.5. The van der Waals surface area contributed by atoms with E-state index in [0.717, 1.165) is 52.0 Å². The highest BCUT2D eigenvalue weighted by Gasteiger charge is 2.38. The fourth-order valence-corrected chi connectivity index (χ4v) is 11.4. The van der Waals surface area contributed by atoms with Crippen molar-refractivity contribution in [2.75, 3.05) is 31.2 Å². The fourth-order valence-electron chi connectivity index (χ4n) is 5.45. The third-order valence-corrected chi connectivity index (χ3v) is 28.3. The summed E-state index contributed by atoms with van der Waals surface area (Å²) in [6.07, 6.45) is 13.1. The highest BCUT2D eigenvalue weighted by atomic mass is 127. The summed E-state index contributed by atoms with van der Waals surface area (Å²) in [7, 11) is -5.76. The van der Waals surface area contributed by atoms with Crippen LogP contribution in [0.3, 0.4) is 0 Å². The van der Waals surface area contributed by atoms with Crippen molar-refractivity contribution >= 4 is 100 Å². The molecule has 4 nitrogen and oxygen atoms in total. The van der Waals surface area contributed by atoms with Crippen molar-refractivity contribution in [1.82, 2.24) is 0 Å². The van der Waals surface area contributed by atoms with E-state index in [1.807, 2.05) is 22.7 Å². The zero-order valence-electron chi connectivity index (χ0n) is 36.3. The van der Waals surface area contributed by atoms with Gasteiger partial charge in [0.1, 0.15) is 0 Å². The summed E-state index contributed by atoms with van der Waals surface area (Å²) in [5.41, 5.74) is 5.21. The first-order chi connectivity index (χ1) is 24.8. The fraction of sp³-hybridized carbons (Fsp3) is 0.591. The predicted octanol–water partition coefficient (Wildman–Crippen LogP) is 14.5. The van der Waals surface area contributed by atoms with Crippen LogP contribution in [0.1, 0.15) is 106 Å². The van der Waals surface area contributed by atoms with Gasteiger partial charge in [0.15, 0.2) is 25.0 Å². The summed E-state index contributed by atoms with van der Waals surface area (Å²) in [5, 5.41) is 0.439. The van der Waals surface area contributed by atoms with Crippen molar-refractivity contribution in [1.29, 1.82) is 0 Å². The Labute approximate surface area is 355 Å². The summed E-state index contributed by atoms with van der Waals surface area (Å²) >= 11 is 6.23. The lowest BCUT2D eigenvalue weighted by atomic mass is 10.1. The molecule has 1 N–H and O–H groups in total. The molecular formula is C44H72INO3S2Si3. The number of nitrogens with zero attached hydrogens (tertiary/aromatic N) is 1. The summed E-state index contributed by atoms with van der Waals surface area (Å²) in [5.74, 6) is 0. The van der Waals surface area contributed by atoms with Crippen molar-refractivity contribution in [2.24, 2.45) is 0 Å². The van der Waals surface area contributed by atoms with E-state index in [-0.39, 0.29) is 15.1 Å². The second-order valence-corrected chi connectivity index (χ2v) is 37.2. The monoisotopic (exact) mass is 937 g/mol. The molecule has 0 unspecified atom stereocenters. The minimum absolute atomic E-state index is 0.0166. The second kappa shape index (κ2) is 19.3. The molecule has 0 amide bonds. The molecule has 0 saturated heterocycles. The van der Waals surface area contributed by atoms with E-state index >= 15 is 0 Å². The van der Waals surface area contributed by atoms with E-state index in [1.54, 1.807) is 0 Å². The summed E-state index contributed by atoms with van der Waals surface area (Å²) in [4.78, 5) is 17.0. The molecule has 0 radical (unpaired) electrons. The van der Waals surface area contributed by atoms with Crippen LogP contribution in [-0.4, -0.2) is 56.1 Å². The van der Waals surface area contributed by atoms with Crippen LogP contribution in [0, 0.1) is 2.88 Å². The van der Waals surface area contributed by atoms with Gasteiger partial charge in [-0.1, -0.05) is 73.6 Å². The van der Waals surface area contributed by atoms with Crippen LogP contribution in [0.15, 0.2) is 36.4 Å². The molecule has 1 aromatic carbocycles. The van der Waals surface area contributed by atoms with Crippen molar-refractivity contribution in [3.63, 3.8) is 0 Å². The molecule has 0 bridgehead atoms. The molecule has 3 aromatic rings. The Balaban J connectivity index is 1.76. The lowest BCUT2D eigenvalue weighted by Crippen LogP contribution is -2.41. The van der Waals surface area contributed by atoms with E-state index in [1.165, 1.54) is 39.9 Å². The van der Waals surface area contributed by atoms with Gasteiger partial charge in [-0.3, -0.25) is 0 Å². The molecule has 0 aliphatic rings. The van der Waals surface area contributed by atoms with Gasteiger partial charge in [0, 0.05) is 46.6 Å². The van der Waals surface area contributed by atoms with Crippen molar-refractivity contribution in [2.45, 2.75) is 142 Å². The lowest BCUT2D eigenvalue weighted by Gasteiger charge is -2.36. The van der Waals surface area contributed by atoms with Gasteiger partial charge in [0.05, 0.1) is 2.88 Å². The zero-order chi connectivity index (χ0) is 40.8. The Bertz CT molecular complexity index is 1690. The van der Waals surface area contributed by atoms with Crippen LogP contribution < -0.4 is 4.90 Å². The van der Waals surface area contributed by atoms with Crippen LogP contribution in [0.2, 0.25) is 54.4 Å². The maximum Gasteiger partial charge on any atom is 0.191 e. The Morgan fingerprint density at radius 2 is 1.22 bits per heavy atom. The van der Waals surface area contributed by atoms with E-state index in [4.69, 9.17) is 8.85 Å². The van der Waals surface area contributed by atoms with Crippen molar-refractivity contribution < 1.29 is 13.6 Å². The average molecular weight is 938 g/mol. The second-order valence-electron chi connectivity index (χ2n) is 19.1. The maximum atomic E-state index is 10.7. The van der Waals surface area contributed by atoms with Gasteiger partial charge in [0.25, 0.3) is 0 Å². The smallest absolute Gasteiger partial charge is 0.191 e. The molecule has 2 aromatic heterocycles. The number of thiophene rings is 2. The predicted molar refractivity (Wildman–Crippen MR) is 260 cm³/mol. The van der Waals surface area contributed by atoms with Gasteiger partial charge >= 0.3 is 0 Å². The molecule has 2 heterocycles. The van der Waals surface area contributed by atoms with Crippen LogP contribution in [0.25, 0.3) is 24.3 Å². The molecular weight excluding hydrogens is 866 g/mol. The topological polar surface area (TPSA) is 41.9 Å². The third-order valence-electron chi connectivity index (χ3n) is 12.3. The van der Waals surface area contributed by atoms with Gasteiger partial charge in [-0.25, -0.2) is 0 Å². The summed E-state index contributed by atoms with van der Waals surface area (Å²) < 4.78 is 14.5. The van der Waals surface area contributed by atoms with E-state index in [2.05, 4.69) is 190 Å². The third kappa shape index (κ3) is 13.6. The molecule has 302 valence electrons. The van der Waals surface area contributed by atoms with E-state index in [0.29, 0.717) is 0 Å². The summed E-state index contributed by atoms with van der Waals surface area (Å²) in [6, 6.07) is 13.7.